The summed E-state index contributed by atoms with van der Waals surface area (Å²) in [5, 5.41) is 3.01. The van der Waals surface area contributed by atoms with Crippen LogP contribution in [0.5, 0.6) is 0 Å². The standard InChI is InChI=1S/C27H20O4/c1-17(28)25(30)26(31)27(18(2)29,23-15-7-11-19-9-3-5-13-21(19)23)24-16-8-12-20-10-4-6-14-22(20)24/h3-16H,1-2H3. The maximum Gasteiger partial charge on any atom is 0.265 e. The Balaban J connectivity index is 2.22. The molecule has 0 fully saturated rings. The first-order valence-corrected chi connectivity index (χ1v) is 9.96. The maximum absolute atomic E-state index is 13.7. The SMILES string of the molecule is CC(=O)C(=O)C(=O)C(C(C)=O)(c1cccc2ccccc12)c1cccc2ccccc12. The Labute approximate surface area is 179 Å². The van der Waals surface area contributed by atoms with Crippen molar-refractivity contribution in [1.82, 2.24) is 0 Å². The Morgan fingerprint density at radius 1 is 0.581 bits per heavy atom. The molecule has 0 amide bonds. The fraction of sp³-hybridized carbons (Fsp3) is 0.111. The number of rotatable bonds is 6. The van der Waals surface area contributed by atoms with E-state index >= 15 is 0 Å². The summed E-state index contributed by atoms with van der Waals surface area (Å²) in [5.41, 5.74) is -1.15. The molecule has 0 spiro atoms. The lowest BCUT2D eigenvalue weighted by molar-refractivity contribution is -0.146. The Kier molecular flexibility index (Phi) is 5.07. The van der Waals surface area contributed by atoms with Gasteiger partial charge in [0, 0.05) is 6.92 Å². The Bertz CT molecular complexity index is 1290. The van der Waals surface area contributed by atoms with Crippen molar-refractivity contribution in [1.29, 1.82) is 0 Å². The highest BCUT2D eigenvalue weighted by atomic mass is 16.2. The molecule has 31 heavy (non-hydrogen) atoms. The first kappa shape index (κ1) is 20.4. The second kappa shape index (κ2) is 7.73. The molecule has 4 heteroatoms. The monoisotopic (exact) mass is 408 g/mol. The molecule has 152 valence electrons. The van der Waals surface area contributed by atoms with Crippen molar-refractivity contribution < 1.29 is 19.2 Å². The Hall–Kier alpha value is -3.92. The summed E-state index contributed by atoms with van der Waals surface area (Å²) < 4.78 is 0. The molecule has 0 atom stereocenters. The number of ketones is 4. The highest BCUT2D eigenvalue weighted by Crippen LogP contribution is 2.42. The average Bonchev–Trinajstić information content (AvgIpc) is 2.79. The molecule has 0 aliphatic carbocycles. The predicted octanol–water partition coefficient (Wildman–Crippen LogP) is 4.60. The molecule has 0 saturated carbocycles. The van der Waals surface area contributed by atoms with Gasteiger partial charge in [-0.3, -0.25) is 19.2 Å². The molecule has 4 aromatic rings. The van der Waals surface area contributed by atoms with E-state index in [1.165, 1.54) is 6.92 Å². The minimum Gasteiger partial charge on any atom is -0.298 e. The van der Waals surface area contributed by atoms with Gasteiger partial charge in [0.1, 0.15) is 5.41 Å². The molecule has 0 unspecified atom stereocenters. The molecular formula is C27H20O4. The zero-order chi connectivity index (χ0) is 22.2. The molecule has 4 aromatic carbocycles. The van der Waals surface area contributed by atoms with Crippen LogP contribution in [0.25, 0.3) is 21.5 Å². The van der Waals surface area contributed by atoms with Crippen LogP contribution in [0.1, 0.15) is 25.0 Å². The average molecular weight is 408 g/mol. The third kappa shape index (κ3) is 3.08. The molecule has 0 bridgehead atoms. The van der Waals surface area contributed by atoms with Gasteiger partial charge in [-0.2, -0.15) is 0 Å². The van der Waals surface area contributed by atoms with E-state index in [0.717, 1.165) is 17.7 Å². The van der Waals surface area contributed by atoms with Crippen molar-refractivity contribution in [2.24, 2.45) is 0 Å². The van der Waals surface area contributed by atoms with E-state index in [1.54, 1.807) is 24.3 Å². The first-order valence-electron chi connectivity index (χ1n) is 9.96. The summed E-state index contributed by atoms with van der Waals surface area (Å²) >= 11 is 0. The lowest BCUT2D eigenvalue weighted by atomic mass is 9.65. The number of carbonyl (C=O) groups excluding carboxylic acids is 4. The number of fused-ring (bicyclic) bond motifs is 2. The largest absolute Gasteiger partial charge is 0.298 e. The van der Waals surface area contributed by atoms with Crippen molar-refractivity contribution in [3.05, 3.63) is 96.1 Å². The zero-order valence-corrected chi connectivity index (χ0v) is 17.2. The fourth-order valence-corrected chi connectivity index (χ4v) is 4.36. The number of hydrogen-bond acceptors (Lipinski definition) is 4. The Morgan fingerprint density at radius 2 is 1.00 bits per heavy atom. The highest BCUT2D eigenvalue weighted by Gasteiger charge is 2.51. The van der Waals surface area contributed by atoms with Crippen molar-refractivity contribution in [2.45, 2.75) is 19.3 Å². The fourth-order valence-electron chi connectivity index (χ4n) is 4.36. The third-order valence-corrected chi connectivity index (χ3v) is 5.78. The number of benzene rings is 4. The Morgan fingerprint density at radius 3 is 1.42 bits per heavy atom. The van der Waals surface area contributed by atoms with Gasteiger partial charge in [-0.15, -0.1) is 0 Å². The summed E-state index contributed by atoms with van der Waals surface area (Å²) in [5.74, 6) is -3.62. The van der Waals surface area contributed by atoms with Gasteiger partial charge in [0.15, 0.2) is 5.78 Å². The number of hydrogen-bond donors (Lipinski definition) is 0. The molecule has 0 aromatic heterocycles. The minimum absolute atomic E-state index is 0.397. The second-order valence-corrected chi connectivity index (χ2v) is 7.57. The molecule has 0 heterocycles. The first-order chi connectivity index (χ1) is 14.9. The normalized spacial score (nSPS) is 11.4. The lowest BCUT2D eigenvalue weighted by Crippen LogP contribution is -2.49. The summed E-state index contributed by atoms with van der Waals surface area (Å²) in [6.45, 7) is 2.35. The van der Waals surface area contributed by atoms with Gasteiger partial charge in [-0.1, -0.05) is 84.9 Å². The van der Waals surface area contributed by atoms with Gasteiger partial charge in [-0.05, 0) is 39.6 Å². The quantitative estimate of drug-likeness (QED) is 0.346. The second-order valence-electron chi connectivity index (χ2n) is 7.57. The summed E-state index contributed by atoms with van der Waals surface area (Å²) in [7, 11) is 0. The van der Waals surface area contributed by atoms with Crippen molar-refractivity contribution in [2.75, 3.05) is 0 Å². The van der Waals surface area contributed by atoms with Gasteiger partial charge >= 0.3 is 0 Å². The van der Waals surface area contributed by atoms with Crippen LogP contribution in [0, 0.1) is 0 Å². The van der Waals surface area contributed by atoms with Gasteiger partial charge in [0.05, 0.1) is 0 Å². The molecule has 0 saturated heterocycles. The number of carbonyl (C=O) groups is 4. The molecule has 4 rings (SSSR count). The molecule has 0 aliphatic rings. The van der Waals surface area contributed by atoms with E-state index in [-0.39, 0.29) is 0 Å². The zero-order valence-electron chi connectivity index (χ0n) is 17.2. The van der Waals surface area contributed by atoms with Crippen LogP contribution < -0.4 is 0 Å². The van der Waals surface area contributed by atoms with Gasteiger partial charge in [0.25, 0.3) is 5.78 Å². The summed E-state index contributed by atoms with van der Waals surface area (Å²) in [4.78, 5) is 51.9. The van der Waals surface area contributed by atoms with Crippen LogP contribution >= 0.6 is 0 Å². The van der Waals surface area contributed by atoms with Crippen LogP contribution in [0.4, 0.5) is 0 Å². The predicted molar refractivity (Wildman–Crippen MR) is 120 cm³/mol. The van der Waals surface area contributed by atoms with E-state index in [2.05, 4.69) is 0 Å². The minimum atomic E-state index is -1.94. The summed E-state index contributed by atoms with van der Waals surface area (Å²) in [6, 6.07) is 25.4. The van der Waals surface area contributed by atoms with E-state index in [1.807, 2.05) is 60.7 Å². The molecule has 0 aliphatic heterocycles. The third-order valence-electron chi connectivity index (χ3n) is 5.78. The van der Waals surface area contributed by atoms with E-state index in [9.17, 15) is 19.2 Å². The van der Waals surface area contributed by atoms with Crippen molar-refractivity contribution in [3.63, 3.8) is 0 Å². The van der Waals surface area contributed by atoms with E-state index in [4.69, 9.17) is 0 Å². The van der Waals surface area contributed by atoms with Crippen LogP contribution in [0.2, 0.25) is 0 Å². The lowest BCUT2D eigenvalue weighted by Gasteiger charge is -2.32. The van der Waals surface area contributed by atoms with Crippen molar-refractivity contribution >= 4 is 44.7 Å². The molecule has 0 radical (unpaired) electrons. The van der Waals surface area contributed by atoms with Gasteiger partial charge in [-0.25, -0.2) is 0 Å². The van der Waals surface area contributed by atoms with Gasteiger partial charge < -0.3 is 0 Å². The van der Waals surface area contributed by atoms with Crippen LogP contribution in [0.3, 0.4) is 0 Å². The van der Waals surface area contributed by atoms with Gasteiger partial charge in [0.2, 0.25) is 11.6 Å². The van der Waals surface area contributed by atoms with Crippen LogP contribution in [-0.4, -0.2) is 23.1 Å². The summed E-state index contributed by atoms with van der Waals surface area (Å²) in [6.07, 6.45) is 0. The molecular weight excluding hydrogens is 388 g/mol. The van der Waals surface area contributed by atoms with Crippen LogP contribution in [-0.2, 0) is 24.6 Å². The topological polar surface area (TPSA) is 68.3 Å². The van der Waals surface area contributed by atoms with E-state index in [0.29, 0.717) is 21.9 Å². The number of Topliss-reactive ketones (excluding diaryl/α,β-unsaturated/α-hetero) is 4. The van der Waals surface area contributed by atoms with Crippen LogP contribution in [0.15, 0.2) is 84.9 Å². The maximum atomic E-state index is 13.7. The molecule has 4 nitrogen and oxygen atoms in total. The van der Waals surface area contributed by atoms with Crippen molar-refractivity contribution in [3.8, 4) is 0 Å². The highest BCUT2D eigenvalue weighted by molar-refractivity contribution is 6.67. The molecule has 0 N–H and O–H groups in total. The smallest absolute Gasteiger partial charge is 0.265 e. The van der Waals surface area contributed by atoms with E-state index < -0.39 is 28.5 Å².